The highest BCUT2D eigenvalue weighted by Crippen LogP contribution is 2.56. The average molecular weight is 301 g/mol. The fourth-order valence-electron chi connectivity index (χ4n) is 3.08. The molecular weight excluding hydrogens is 279 g/mol. The Balaban J connectivity index is 2.15. The lowest BCUT2D eigenvalue weighted by Gasteiger charge is -2.20. The maximum Gasteiger partial charge on any atom is 0.416 e. The summed E-state index contributed by atoms with van der Waals surface area (Å²) >= 11 is 0. The molecule has 2 unspecified atom stereocenters. The third-order valence-electron chi connectivity index (χ3n) is 4.41. The number of hydrogen-bond acceptors (Lipinski definition) is 2. The number of ether oxygens (including phenoxy) is 1. The van der Waals surface area contributed by atoms with Crippen molar-refractivity contribution in [3.05, 3.63) is 35.4 Å². The molecule has 0 amide bonds. The van der Waals surface area contributed by atoms with Crippen LogP contribution in [0.5, 0.6) is 0 Å². The van der Waals surface area contributed by atoms with Gasteiger partial charge in [0.2, 0.25) is 0 Å². The van der Waals surface area contributed by atoms with Crippen LogP contribution in [0.15, 0.2) is 24.3 Å². The van der Waals surface area contributed by atoms with Gasteiger partial charge in [-0.3, -0.25) is 0 Å². The molecule has 0 bridgehead atoms. The van der Waals surface area contributed by atoms with Crippen LogP contribution in [-0.4, -0.2) is 26.8 Å². The van der Waals surface area contributed by atoms with Crippen molar-refractivity contribution in [2.24, 2.45) is 5.92 Å². The molecule has 2 atom stereocenters. The zero-order chi connectivity index (χ0) is 15.5. The Kier molecular flexibility index (Phi) is 4.94. The van der Waals surface area contributed by atoms with E-state index < -0.39 is 11.7 Å². The Morgan fingerprint density at radius 3 is 2.71 bits per heavy atom. The zero-order valence-corrected chi connectivity index (χ0v) is 12.5. The van der Waals surface area contributed by atoms with Gasteiger partial charge in [0.15, 0.2) is 0 Å². The standard InChI is InChI=1S/C16H22F3NO/c1-3-12-10-15(12,11-20-7-8-21-2)13-5-4-6-14(9-13)16(17,18)19/h4-6,9,12,20H,3,7-8,10-11H2,1-2H3. The molecular formula is C16H22F3NO. The summed E-state index contributed by atoms with van der Waals surface area (Å²) in [5.41, 5.74) is 0.0936. The van der Waals surface area contributed by atoms with E-state index in [1.165, 1.54) is 12.1 Å². The molecule has 21 heavy (non-hydrogen) atoms. The molecule has 1 N–H and O–H groups in total. The number of methoxy groups -OCH3 is 1. The summed E-state index contributed by atoms with van der Waals surface area (Å²) in [5.74, 6) is 0.455. The van der Waals surface area contributed by atoms with Crippen molar-refractivity contribution in [2.45, 2.75) is 31.4 Å². The van der Waals surface area contributed by atoms with Crippen LogP contribution in [0.1, 0.15) is 30.9 Å². The Hall–Kier alpha value is -1.07. The number of benzene rings is 1. The highest BCUT2D eigenvalue weighted by atomic mass is 19.4. The minimum atomic E-state index is -4.28. The van der Waals surface area contributed by atoms with Crippen molar-refractivity contribution >= 4 is 0 Å². The van der Waals surface area contributed by atoms with Gasteiger partial charge >= 0.3 is 6.18 Å². The van der Waals surface area contributed by atoms with Crippen LogP contribution in [0, 0.1) is 5.92 Å². The quantitative estimate of drug-likeness (QED) is 0.777. The number of alkyl halides is 3. The Bertz CT molecular complexity index is 475. The highest BCUT2D eigenvalue weighted by Gasteiger charge is 2.53. The van der Waals surface area contributed by atoms with Crippen molar-refractivity contribution < 1.29 is 17.9 Å². The molecule has 118 valence electrons. The van der Waals surface area contributed by atoms with Gasteiger partial charge in [-0.25, -0.2) is 0 Å². The number of nitrogens with one attached hydrogen (secondary N) is 1. The Morgan fingerprint density at radius 1 is 1.38 bits per heavy atom. The van der Waals surface area contributed by atoms with E-state index in [0.29, 0.717) is 25.6 Å². The lowest BCUT2D eigenvalue weighted by molar-refractivity contribution is -0.137. The van der Waals surface area contributed by atoms with Gasteiger partial charge in [0, 0.05) is 25.6 Å². The van der Waals surface area contributed by atoms with E-state index in [9.17, 15) is 13.2 Å². The van der Waals surface area contributed by atoms with Gasteiger partial charge in [0.25, 0.3) is 0 Å². The lowest BCUT2D eigenvalue weighted by atomic mass is 9.91. The third kappa shape index (κ3) is 3.58. The molecule has 1 saturated carbocycles. The molecule has 2 nitrogen and oxygen atoms in total. The van der Waals surface area contributed by atoms with Crippen LogP contribution in [0.2, 0.25) is 0 Å². The van der Waals surface area contributed by atoms with Crippen molar-refractivity contribution in [1.82, 2.24) is 5.32 Å². The zero-order valence-electron chi connectivity index (χ0n) is 12.5. The maximum atomic E-state index is 12.9. The van der Waals surface area contributed by atoms with E-state index in [1.807, 2.05) is 6.07 Å². The minimum Gasteiger partial charge on any atom is -0.383 e. The lowest BCUT2D eigenvalue weighted by Crippen LogP contribution is -2.31. The van der Waals surface area contributed by atoms with Crippen LogP contribution < -0.4 is 5.32 Å². The molecule has 5 heteroatoms. The van der Waals surface area contributed by atoms with Gasteiger partial charge in [-0.05, 0) is 24.0 Å². The summed E-state index contributed by atoms with van der Waals surface area (Å²) in [7, 11) is 1.64. The van der Waals surface area contributed by atoms with Gasteiger partial charge in [-0.2, -0.15) is 13.2 Å². The van der Waals surface area contributed by atoms with E-state index >= 15 is 0 Å². The van der Waals surface area contributed by atoms with Crippen LogP contribution in [0.25, 0.3) is 0 Å². The third-order valence-corrected chi connectivity index (χ3v) is 4.41. The molecule has 0 saturated heterocycles. The fraction of sp³-hybridized carbons (Fsp3) is 0.625. The molecule has 0 radical (unpaired) electrons. The average Bonchev–Trinajstić information content (AvgIpc) is 3.18. The molecule has 1 aromatic carbocycles. The Labute approximate surface area is 123 Å². The van der Waals surface area contributed by atoms with Crippen LogP contribution >= 0.6 is 0 Å². The summed E-state index contributed by atoms with van der Waals surface area (Å²) in [6.45, 7) is 4.12. The first-order chi connectivity index (χ1) is 9.94. The van der Waals surface area contributed by atoms with Crippen LogP contribution in [-0.2, 0) is 16.3 Å². The number of hydrogen-bond donors (Lipinski definition) is 1. The molecule has 1 aromatic rings. The van der Waals surface area contributed by atoms with E-state index in [2.05, 4.69) is 12.2 Å². The normalized spacial score (nSPS) is 25.1. The highest BCUT2D eigenvalue weighted by molar-refractivity contribution is 5.38. The summed E-state index contributed by atoms with van der Waals surface area (Å²) in [6, 6.07) is 5.79. The van der Waals surface area contributed by atoms with Crippen molar-refractivity contribution in [3.8, 4) is 0 Å². The Morgan fingerprint density at radius 2 is 2.14 bits per heavy atom. The smallest absolute Gasteiger partial charge is 0.383 e. The second-order valence-corrected chi connectivity index (χ2v) is 5.71. The molecule has 1 aliphatic carbocycles. The molecule has 1 aliphatic rings. The first kappa shape index (κ1) is 16.3. The second-order valence-electron chi connectivity index (χ2n) is 5.71. The van der Waals surface area contributed by atoms with Crippen molar-refractivity contribution in [1.29, 1.82) is 0 Å². The topological polar surface area (TPSA) is 21.3 Å². The monoisotopic (exact) mass is 301 g/mol. The van der Waals surface area contributed by atoms with Gasteiger partial charge in [0.1, 0.15) is 0 Å². The minimum absolute atomic E-state index is 0.149. The van der Waals surface area contributed by atoms with Crippen molar-refractivity contribution in [3.63, 3.8) is 0 Å². The van der Waals surface area contributed by atoms with E-state index in [1.54, 1.807) is 7.11 Å². The molecule has 0 spiro atoms. The predicted octanol–water partition coefficient (Wildman–Crippen LogP) is 3.61. The van der Waals surface area contributed by atoms with Gasteiger partial charge in [-0.1, -0.05) is 31.5 Å². The van der Waals surface area contributed by atoms with Gasteiger partial charge in [-0.15, -0.1) is 0 Å². The summed E-state index contributed by atoms with van der Waals surface area (Å²) in [6.07, 6.45) is -2.34. The first-order valence-corrected chi connectivity index (χ1v) is 7.31. The molecule has 0 aromatic heterocycles. The maximum absolute atomic E-state index is 12.9. The van der Waals surface area contributed by atoms with Gasteiger partial charge < -0.3 is 10.1 Å². The summed E-state index contributed by atoms with van der Waals surface area (Å²) < 4.78 is 43.6. The fourth-order valence-corrected chi connectivity index (χ4v) is 3.08. The first-order valence-electron chi connectivity index (χ1n) is 7.31. The summed E-state index contributed by atoms with van der Waals surface area (Å²) in [5, 5.41) is 3.30. The van der Waals surface area contributed by atoms with Crippen molar-refractivity contribution in [2.75, 3.05) is 26.8 Å². The van der Waals surface area contributed by atoms with E-state index in [4.69, 9.17) is 4.74 Å². The van der Waals surface area contributed by atoms with Gasteiger partial charge in [0.05, 0.1) is 12.2 Å². The molecule has 0 heterocycles. The number of halogens is 3. The summed E-state index contributed by atoms with van der Waals surface area (Å²) in [4.78, 5) is 0. The number of rotatable bonds is 7. The largest absolute Gasteiger partial charge is 0.416 e. The van der Waals surface area contributed by atoms with E-state index in [-0.39, 0.29) is 5.41 Å². The molecule has 1 fully saturated rings. The predicted molar refractivity (Wildman–Crippen MR) is 76.3 cm³/mol. The van der Waals surface area contributed by atoms with Crippen LogP contribution in [0.3, 0.4) is 0 Å². The second kappa shape index (κ2) is 6.36. The molecule has 0 aliphatic heterocycles. The van der Waals surface area contributed by atoms with Crippen LogP contribution in [0.4, 0.5) is 13.2 Å². The van der Waals surface area contributed by atoms with E-state index in [0.717, 1.165) is 24.5 Å². The molecule has 2 rings (SSSR count). The SMILES string of the molecule is CCC1CC1(CNCCOC)c1cccc(C(F)(F)F)c1.